The summed E-state index contributed by atoms with van der Waals surface area (Å²) in [6.45, 7) is 0. The Morgan fingerprint density at radius 1 is 1.03 bits per heavy atom. The Balaban J connectivity index is 1.67. The van der Waals surface area contributed by atoms with Gasteiger partial charge in [-0.2, -0.15) is 5.10 Å². The lowest BCUT2D eigenvalue weighted by Gasteiger charge is -2.37. The van der Waals surface area contributed by atoms with E-state index in [1.54, 1.807) is 36.5 Å². The number of nitrogens with zero attached hydrogens (tertiary/aromatic N) is 1. The zero-order valence-corrected chi connectivity index (χ0v) is 21.5. The van der Waals surface area contributed by atoms with E-state index in [1.807, 2.05) is 18.2 Å². The van der Waals surface area contributed by atoms with Gasteiger partial charge in [0, 0.05) is 23.1 Å². The van der Waals surface area contributed by atoms with Crippen molar-refractivity contribution < 1.29 is 31.1 Å². The first-order valence-corrected chi connectivity index (χ1v) is 13.7. The fraction of sp³-hybridized carbons (Fsp3) is 0.214. The minimum absolute atomic E-state index is 0.0574. The highest BCUT2D eigenvalue weighted by molar-refractivity contribution is 7.92. The molecule has 3 unspecified atom stereocenters. The van der Waals surface area contributed by atoms with Gasteiger partial charge in [0.15, 0.2) is 17.5 Å². The van der Waals surface area contributed by atoms with Crippen LogP contribution in [0.4, 0.5) is 13.2 Å². The third-order valence-corrected chi connectivity index (χ3v) is 9.12. The van der Waals surface area contributed by atoms with Gasteiger partial charge in [-0.25, -0.2) is 21.6 Å². The molecule has 39 heavy (non-hydrogen) atoms. The van der Waals surface area contributed by atoms with Crippen LogP contribution < -0.4 is 10.1 Å². The number of methoxy groups -OCH3 is 1. The van der Waals surface area contributed by atoms with Crippen molar-refractivity contribution in [3.63, 3.8) is 0 Å². The molecule has 0 radical (unpaired) electrons. The number of fused-ring (bicyclic) bond motifs is 1. The van der Waals surface area contributed by atoms with Gasteiger partial charge in [0.2, 0.25) is 9.84 Å². The Labute approximate surface area is 222 Å². The molecular formula is C28H24F3N3O4S. The Kier molecular flexibility index (Phi) is 7.17. The topological polar surface area (TPSA) is 101 Å². The van der Waals surface area contributed by atoms with Gasteiger partial charge in [0.1, 0.15) is 16.0 Å². The summed E-state index contributed by atoms with van der Waals surface area (Å²) in [5.74, 6) is -7.26. The summed E-state index contributed by atoms with van der Waals surface area (Å²) in [5, 5.41) is 7.93. The summed E-state index contributed by atoms with van der Waals surface area (Å²) in [5.41, 5.74) is 2.35. The van der Waals surface area contributed by atoms with E-state index in [2.05, 4.69) is 15.5 Å². The number of rotatable bonds is 7. The van der Waals surface area contributed by atoms with E-state index in [-0.39, 0.29) is 17.7 Å². The van der Waals surface area contributed by atoms with Crippen molar-refractivity contribution in [3.05, 3.63) is 113 Å². The first-order chi connectivity index (χ1) is 18.7. The van der Waals surface area contributed by atoms with E-state index in [0.29, 0.717) is 18.6 Å². The predicted octanol–water partition coefficient (Wildman–Crippen LogP) is 4.76. The maximum absolute atomic E-state index is 14.9. The molecule has 0 bridgehead atoms. The zero-order valence-electron chi connectivity index (χ0n) is 20.7. The SMILES string of the molecule is COc1ccccc1C(=O)NC(C1CCc2[nH]ncc2C1c1ccccc1)S(=O)(=O)c1ccc(F)c(F)c1F. The van der Waals surface area contributed by atoms with Gasteiger partial charge in [0.25, 0.3) is 5.91 Å². The Morgan fingerprint density at radius 2 is 1.74 bits per heavy atom. The average Bonchev–Trinajstić information content (AvgIpc) is 3.43. The van der Waals surface area contributed by atoms with E-state index >= 15 is 0 Å². The fourth-order valence-electron chi connectivity index (χ4n) is 5.23. The number of aromatic nitrogens is 2. The van der Waals surface area contributed by atoms with E-state index in [0.717, 1.165) is 16.8 Å². The second-order valence-corrected chi connectivity index (χ2v) is 11.2. The molecule has 3 aromatic carbocycles. The molecule has 3 atom stereocenters. The van der Waals surface area contributed by atoms with Crippen molar-refractivity contribution in [1.82, 2.24) is 15.5 Å². The molecule has 1 aliphatic carbocycles. The number of sulfone groups is 1. The normalized spacial score (nSPS) is 17.7. The van der Waals surface area contributed by atoms with Crippen LogP contribution in [0.5, 0.6) is 5.75 Å². The van der Waals surface area contributed by atoms with Gasteiger partial charge in [-0.05, 0) is 42.7 Å². The molecular weight excluding hydrogens is 531 g/mol. The van der Waals surface area contributed by atoms with Gasteiger partial charge in [-0.1, -0.05) is 42.5 Å². The van der Waals surface area contributed by atoms with Gasteiger partial charge in [-0.3, -0.25) is 9.89 Å². The van der Waals surface area contributed by atoms with Crippen molar-refractivity contribution in [2.45, 2.75) is 29.0 Å². The molecule has 11 heteroatoms. The number of amides is 1. The molecule has 0 saturated heterocycles. The number of benzene rings is 3. The summed E-state index contributed by atoms with van der Waals surface area (Å²) in [6, 6.07) is 16.5. The lowest BCUT2D eigenvalue weighted by molar-refractivity contribution is 0.0931. The molecule has 7 nitrogen and oxygen atoms in total. The Morgan fingerprint density at radius 3 is 2.49 bits per heavy atom. The predicted molar refractivity (Wildman–Crippen MR) is 136 cm³/mol. The quantitative estimate of drug-likeness (QED) is 0.253. The van der Waals surface area contributed by atoms with Crippen LogP contribution in [-0.2, 0) is 16.3 Å². The lowest BCUT2D eigenvalue weighted by Crippen LogP contribution is -2.49. The number of carbonyl (C=O) groups excluding carboxylic acids is 1. The molecule has 1 amide bonds. The highest BCUT2D eigenvalue weighted by Gasteiger charge is 2.45. The first-order valence-electron chi connectivity index (χ1n) is 12.1. The highest BCUT2D eigenvalue weighted by atomic mass is 32.2. The number of ether oxygens (including phenoxy) is 1. The van der Waals surface area contributed by atoms with E-state index in [4.69, 9.17) is 4.74 Å². The number of H-pyrrole nitrogens is 1. The maximum atomic E-state index is 14.9. The molecule has 5 rings (SSSR count). The molecule has 1 heterocycles. The molecule has 202 valence electrons. The Hall–Kier alpha value is -4.12. The van der Waals surface area contributed by atoms with Crippen LogP contribution in [0, 0.1) is 23.4 Å². The summed E-state index contributed by atoms with van der Waals surface area (Å²) in [6.07, 6.45) is 2.26. The Bertz CT molecular complexity index is 1630. The van der Waals surface area contributed by atoms with Crippen LogP contribution in [0.1, 0.15) is 39.5 Å². The number of carbonyl (C=O) groups is 1. The van der Waals surface area contributed by atoms with Crippen LogP contribution in [0.2, 0.25) is 0 Å². The lowest BCUT2D eigenvalue weighted by atomic mass is 9.74. The molecule has 0 fully saturated rings. The van der Waals surface area contributed by atoms with Crippen LogP contribution in [0.25, 0.3) is 0 Å². The highest BCUT2D eigenvalue weighted by Crippen LogP contribution is 2.44. The summed E-state index contributed by atoms with van der Waals surface area (Å²) in [4.78, 5) is 12.5. The smallest absolute Gasteiger partial charge is 0.256 e. The number of nitrogens with one attached hydrogen (secondary N) is 2. The van der Waals surface area contributed by atoms with Crippen LogP contribution in [0.3, 0.4) is 0 Å². The van der Waals surface area contributed by atoms with Crippen LogP contribution in [0.15, 0.2) is 77.8 Å². The molecule has 0 spiro atoms. The molecule has 4 aromatic rings. The maximum Gasteiger partial charge on any atom is 0.256 e. The van der Waals surface area contributed by atoms with Crippen LogP contribution >= 0.6 is 0 Å². The van der Waals surface area contributed by atoms with Gasteiger partial charge in [-0.15, -0.1) is 0 Å². The number of hydrogen-bond acceptors (Lipinski definition) is 5. The fourth-order valence-corrected chi connectivity index (χ4v) is 7.12. The molecule has 1 aromatic heterocycles. The van der Waals surface area contributed by atoms with Gasteiger partial charge >= 0.3 is 0 Å². The third-order valence-electron chi connectivity index (χ3n) is 7.06. The number of aromatic amines is 1. The largest absolute Gasteiger partial charge is 0.496 e. The first kappa shape index (κ1) is 26.5. The van der Waals surface area contributed by atoms with Crippen molar-refractivity contribution in [2.24, 2.45) is 5.92 Å². The van der Waals surface area contributed by atoms with E-state index < -0.39 is 55.3 Å². The number of para-hydroxylation sites is 1. The van der Waals surface area contributed by atoms with E-state index in [1.165, 1.54) is 13.2 Å². The van der Waals surface area contributed by atoms with Crippen molar-refractivity contribution in [3.8, 4) is 5.75 Å². The van der Waals surface area contributed by atoms with Crippen molar-refractivity contribution >= 4 is 15.7 Å². The van der Waals surface area contributed by atoms with Crippen molar-refractivity contribution in [1.29, 1.82) is 0 Å². The minimum Gasteiger partial charge on any atom is -0.496 e. The molecule has 1 aliphatic rings. The summed E-state index contributed by atoms with van der Waals surface area (Å²) >= 11 is 0. The molecule has 0 aliphatic heterocycles. The van der Waals surface area contributed by atoms with Gasteiger partial charge < -0.3 is 10.1 Å². The molecule has 0 saturated carbocycles. The van der Waals surface area contributed by atoms with Crippen molar-refractivity contribution in [2.75, 3.05) is 7.11 Å². The number of hydrogen-bond donors (Lipinski definition) is 2. The number of halogens is 3. The number of aryl methyl sites for hydroxylation is 1. The van der Waals surface area contributed by atoms with E-state index in [9.17, 15) is 26.4 Å². The third kappa shape index (κ3) is 4.78. The monoisotopic (exact) mass is 555 g/mol. The van der Waals surface area contributed by atoms with Crippen LogP contribution in [-0.4, -0.2) is 37.0 Å². The minimum atomic E-state index is -4.80. The summed E-state index contributed by atoms with van der Waals surface area (Å²) in [7, 11) is -3.44. The second kappa shape index (κ2) is 10.6. The van der Waals surface area contributed by atoms with Gasteiger partial charge in [0.05, 0.1) is 18.9 Å². The molecule has 2 N–H and O–H groups in total. The second-order valence-electron chi connectivity index (χ2n) is 9.21. The summed E-state index contributed by atoms with van der Waals surface area (Å²) < 4.78 is 76.3. The average molecular weight is 556 g/mol. The standard InChI is InChI=1S/C28H24F3N3O4S/c1-38-22-10-6-5-9-17(22)27(35)33-28(39(36,37)23-14-12-20(29)25(30)26(23)31)18-11-13-21-19(15-32-34-21)24(18)16-7-3-2-4-8-16/h2-10,12,14-15,18,24,28H,11,13H2,1H3,(H,32,34)(H,33,35). The zero-order chi connectivity index (χ0) is 27.7.